The molecule has 0 bridgehead atoms. The third kappa shape index (κ3) is 5.30. The lowest BCUT2D eigenvalue weighted by atomic mass is 10.0. The van der Waals surface area contributed by atoms with Gasteiger partial charge in [0.05, 0.1) is 0 Å². The lowest BCUT2D eigenvalue weighted by Gasteiger charge is -2.16. The number of para-hydroxylation sites is 1. The summed E-state index contributed by atoms with van der Waals surface area (Å²) in [6.45, 7) is 5.51. The topological polar surface area (TPSA) is 75.6 Å². The van der Waals surface area contributed by atoms with Gasteiger partial charge in [0.15, 0.2) is 6.61 Å². The van der Waals surface area contributed by atoms with Gasteiger partial charge in [0.25, 0.3) is 5.91 Å². The highest BCUT2D eigenvalue weighted by molar-refractivity contribution is 5.84. The number of aryl methyl sites for hydroxylation is 1. The second-order valence-corrected chi connectivity index (χ2v) is 5.14. The Labute approximate surface area is 118 Å². The average molecular weight is 279 g/mol. The molecule has 1 aromatic carbocycles. The molecule has 0 aliphatic rings. The molecule has 0 aromatic heterocycles. The van der Waals surface area contributed by atoms with Crippen LogP contribution in [0.4, 0.5) is 0 Å². The average Bonchev–Trinajstić information content (AvgIpc) is 2.36. The Kier molecular flexibility index (Phi) is 6.03. The van der Waals surface area contributed by atoms with Crippen molar-refractivity contribution in [2.45, 2.75) is 33.2 Å². The van der Waals surface area contributed by atoms with Gasteiger partial charge in [-0.2, -0.15) is 0 Å². The summed E-state index contributed by atoms with van der Waals surface area (Å²) in [7, 11) is 0. The predicted molar refractivity (Wildman–Crippen MR) is 75.7 cm³/mol. The van der Waals surface area contributed by atoms with Gasteiger partial charge in [-0.05, 0) is 30.9 Å². The number of rotatable bonds is 7. The van der Waals surface area contributed by atoms with Crippen LogP contribution in [0.5, 0.6) is 5.75 Å². The van der Waals surface area contributed by atoms with Crippen molar-refractivity contribution in [1.29, 1.82) is 0 Å². The molecule has 0 spiro atoms. The summed E-state index contributed by atoms with van der Waals surface area (Å²) in [5, 5.41) is 11.5. The van der Waals surface area contributed by atoms with Crippen LogP contribution in [0.3, 0.4) is 0 Å². The van der Waals surface area contributed by atoms with Crippen molar-refractivity contribution in [3.05, 3.63) is 29.8 Å². The summed E-state index contributed by atoms with van der Waals surface area (Å²) in [6, 6.07) is 6.48. The first-order valence-corrected chi connectivity index (χ1v) is 6.60. The van der Waals surface area contributed by atoms with Gasteiger partial charge in [0.2, 0.25) is 0 Å². The number of carboxylic acids is 1. The van der Waals surface area contributed by atoms with Gasteiger partial charge in [0.1, 0.15) is 11.8 Å². The molecule has 2 N–H and O–H groups in total. The fourth-order valence-electron chi connectivity index (χ4n) is 1.79. The molecular formula is C15H21NO4. The van der Waals surface area contributed by atoms with E-state index in [2.05, 4.69) is 5.32 Å². The van der Waals surface area contributed by atoms with E-state index < -0.39 is 17.9 Å². The molecule has 0 heterocycles. The summed E-state index contributed by atoms with van der Waals surface area (Å²) >= 11 is 0. The van der Waals surface area contributed by atoms with E-state index in [9.17, 15) is 9.59 Å². The molecular weight excluding hydrogens is 258 g/mol. The van der Waals surface area contributed by atoms with E-state index in [-0.39, 0.29) is 12.5 Å². The number of aliphatic carboxylic acids is 1. The third-order valence-corrected chi connectivity index (χ3v) is 2.79. The van der Waals surface area contributed by atoms with E-state index in [1.165, 1.54) is 0 Å². The Morgan fingerprint density at radius 3 is 2.50 bits per heavy atom. The number of benzene rings is 1. The molecule has 5 nitrogen and oxygen atoms in total. The molecule has 0 aliphatic heterocycles. The van der Waals surface area contributed by atoms with Gasteiger partial charge in [0, 0.05) is 0 Å². The van der Waals surface area contributed by atoms with Crippen LogP contribution in [0.25, 0.3) is 0 Å². The molecule has 0 fully saturated rings. The highest BCUT2D eigenvalue weighted by atomic mass is 16.5. The Balaban J connectivity index is 2.50. The van der Waals surface area contributed by atoms with Gasteiger partial charge in [-0.3, -0.25) is 4.79 Å². The number of ether oxygens (including phenoxy) is 1. The number of hydrogen-bond acceptors (Lipinski definition) is 3. The highest BCUT2D eigenvalue weighted by Gasteiger charge is 2.21. The molecule has 0 radical (unpaired) electrons. The Morgan fingerprint density at radius 2 is 1.95 bits per heavy atom. The van der Waals surface area contributed by atoms with Crippen molar-refractivity contribution in [2.75, 3.05) is 6.61 Å². The third-order valence-electron chi connectivity index (χ3n) is 2.79. The molecule has 1 rings (SSSR count). The van der Waals surface area contributed by atoms with E-state index in [1.807, 2.05) is 39.0 Å². The molecule has 0 saturated heterocycles. The van der Waals surface area contributed by atoms with Crippen molar-refractivity contribution in [1.82, 2.24) is 5.32 Å². The lowest BCUT2D eigenvalue weighted by molar-refractivity contribution is -0.142. The van der Waals surface area contributed by atoms with E-state index >= 15 is 0 Å². The van der Waals surface area contributed by atoms with Crippen LogP contribution < -0.4 is 10.1 Å². The number of carbonyl (C=O) groups is 2. The van der Waals surface area contributed by atoms with Crippen LogP contribution in [-0.2, 0) is 9.59 Å². The zero-order valence-electron chi connectivity index (χ0n) is 12.1. The van der Waals surface area contributed by atoms with Crippen LogP contribution in [-0.4, -0.2) is 29.6 Å². The van der Waals surface area contributed by atoms with Crippen molar-refractivity contribution >= 4 is 11.9 Å². The van der Waals surface area contributed by atoms with Gasteiger partial charge in [-0.1, -0.05) is 32.0 Å². The van der Waals surface area contributed by atoms with Crippen molar-refractivity contribution in [2.24, 2.45) is 5.92 Å². The fourth-order valence-corrected chi connectivity index (χ4v) is 1.79. The first-order chi connectivity index (χ1) is 9.40. The molecule has 0 unspecified atom stereocenters. The second-order valence-electron chi connectivity index (χ2n) is 5.14. The predicted octanol–water partition coefficient (Wildman–Crippen LogP) is 1.99. The fraction of sp³-hybridized carbons (Fsp3) is 0.467. The van der Waals surface area contributed by atoms with Gasteiger partial charge < -0.3 is 15.2 Å². The maximum Gasteiger partial charge on any atom is 0.326 e. The number of amides is 1. The van der Waals surface area contributed by atoms with Crippen LogP contribution in [0.1, 0.15) is 25.8 Å². The van der Waals surface area contributed by atoms with Crippen LogP contribution in [0.15, 0.2) is 24.3 Å². The Hall–Kier alpha value is -2.04. The monoisotopic (exact) mass is 279 g/mol. The van der Waals surface area contributed by atoms with E-state index in [1.54, 1.807) is 6.07 Å². The first-order valence-electron chi connectivity index (χ1n) is 6.60. The quantitative estimate of drug-likeness (QED) is 0.800. The minimum absolute atomic E-state index is 0.188. The lowest BCUT2D eigenvalue weighted by Crippen LogP contribution is -2.43. The van der Waals surface area contributed by atoms with Gasteiger partial charge in [-0.25, -0.2) is 4.79 Å². The molecule has 1 atom stereocenters. The Morgan fingerprint density at radius 1 is 1.30 bits per heavy atom. The van der Waals surface area contributed by atoms with Gasteiger partial charge in [-0.15, -0.1) is 0 Å². The first kappa shape index (κ1) is 16.0. The van der Waals surface area contributed by atoms with E-state index in [0.717, 1.165) is 5.56 Å². The number of carbonyl (C=O) groups excluding carboxylic acids is 1. The molecule has 20 heavy (non-hydrogen) atoms. The van der Waals surface area contributed by atoms with Gasteiger partial charge >= 0.3 is 5.97 Å². The number of hydrogen-bond donors (Lipinski definition) is 2. The molecule has 110 valence electrons. The molecule has 0 saturated carbocycles. The highest BCUT2D eigenvalue weighted by Crippen LogP contribution is 2.15. The SMILES string of the molecule is Cc1ccccc1OCC(=O)N[C@H](CC(C)C)C(=O)O. The minimum Gasteiger partial charge on any atom is -0.484 e. The van der Waals surface area contributed by atoms with Crippen molar-refractivity contribution in [3.8, 4) is 5.75 Å². The summed E-state index contributed by atoms with van der Waals surface area (Å²) in [5.74, 6) is -0.642. The summed E-state index contributed by atoms with van der Waals surface area (Å²) in [4.78, 5) is 22.8. The van der Waals surface area contributed by atoms with Crippen molar-refractivity contribution < 1.29 is 19.4 Å². The minimum atomic E-state index is -1.03. The molecule has 1 aromatic rings. The Bertz CT molecular complexity index is 471. The standard InChI is InChI=1S/C15H21NO4/c1-10(2)8-12(15(18)19)16-14(17)9-20-13-7-5-4-6-11(13)3/h4-7,10,12H,8-9H2,1-3H3,(H,16,17)(H,18,19)/t12-/m1/s1. The maximum atomic E-state index is 11.7. The normalized spacial score (nSPS) is 12.0. The molecule has 5 heteroatoms. The summed E-state index contributed by atoms with van der Waals surface area (Å²) in [6.07, 6.45) is 0.394. The molecule has 0 aliphatic carbocycles. The number of nitrogens with one attached hydrogen (secondary N) is 1. The zero-order valence-corrected chi connectivity index (χ0v) is 12.1. The maximum absolute atomic E-state index is 11.7. The smallest absolute Gasteiger partial charge is 0.326 e. The summed E-state index contributed by atoms with van der Waals surface area (Å²) in [5.41, 5.74) is 0.928. The zero-order chi connectivity index (χ0) is 15.1. The second kappa shape index (κ2) is 7.53. The summed E-state index contributed by atoms with van der Waals surface area (Å²) < 4.78 is 5.38. The molecule has 1 amide bonds. The van der Waals surface area contributed by atoms with Crippen LogP contribution in [0, 0.1) is 12.8 Å². The largest absolute Gasteiger partial charge is 0.484 e. The van der Waals surface area contributed by atoms with Crippen molar-refractivity contribution in [3.63, 3.8) is 0 Å². The number of carboxylic acid groups (broad SMARTS) is 1. The van der Waals surface area contributed by atoms with E-state index in [4.69, 9.17) is 9.84 Å². The van der Waals surface area contributed by atoms with Crippen LogP contribution in [0.2, 0.25) is 0 Å². The van der Waals surface area contributed by atoms with Crippen LogP contribution >= 0.6 is 0 Å². The van der Waals surface area contributed by atoms with E-state index in [0.29, 0.717) is 12.2 Å².